The lowest BCUT2D eigenvalue weighted by Crippen LogP contribution is -2.42. The molecule has 146 valence electrons. The molecule has 0 aromatic carbocycles. The second-order valence-corrected chi connectivity index (χ2v) is 10.5. The Morgan fingerprint density at radius 1 is 1.28 bits per heavy atom. The summed E-state index contributed by atoms with van der Waals surface area (Å²) in [6.45, 7) is 9.83. The third-order valence-corrected chi connectivity index (χ3v) is 6.92. The number of sulfone groups is 1. The lowest BCUT2D eigenvalue weighted by molar-refractivity contribution is 0.0677. The number of rotatable bonds is 7. The van der Waals surface area contributed by atoms with Gasteiger partial charge in [-0.15, -0.1) is 24.0 Å². The van der Waals surface area contributed by atoms with E-state index in [4.69, 9.17) is 0 Å². The maximum Gasteiger partial charge on any atom is 0.191 e. The highest BCUT2D eigenvalue weighted by Gasteiger charge is 2.28. The predicted molar refractivity (Wildman–Crippen MR) is 117 cm³/mol. The highest BCUT2D eigenvalue weighted by Crippen LogP contribution is 2.23. The van der Waals surface area contributed by atoms with Crippen molar-refractivity contribution in [2.45, 2.75) is 45.0 Å². The van der Waals surface area contributed by atoms with E-state index in [1.807, 2.05) is 23.8 Å². The summed E-state index contributed by atoms with van der Waals surface area (Å²) in [5.74, 6) is 0.527. The van der Waals surface area contributed by atoms with Gasteiger partial charge in [0.15, 0.2) is 15.8 Å². The molecule has 1 aromatic rings. The monoisotopic (exact) mass is 503 g/mol. The average molecular weight is 503 g/mol. The molecule has 0 radical (unpaired) electrons. The van der Waals surface area contributed by atoms with E-state index in [1.54, 1.807) is 27.7 Å². The minimum Gasteiger partial charge on any atom is -0.383 e. The van der Waals surface area contributed by atoms with Gasteiger partial charge in [0, 0.05) is 13.1 Å². The molecule has 0 bridgehead atoms. The Bertz CT molecular complexity index is 636. The Morgan fingerprint density at radius 2 is 1.92 bits per heavy atom. The van der Waals surface area contributed by atoms with Crippen molar-refractivity contribution in [2.75, 3.05) is 25.4 Å². The van der Waals surface area contributed by atoms with Crippen LogP contribution in [-0.4, -0.2) is 49.6 Å². The van der Waals surface area contributed by atoms with Crippen LogP contribution >= 0.6 is 35.3 Å². The van der Waals surface area contributed by atoms with Crippen molar-refractivity contribution in [3.63, 3.8) is 0 Å². The van der Waals surface area contributed by atoms with Crippen molar-refractivity contribution in [1.29, 1.82) is 0 Å². The predicted octanol–water partition coefficient (Wildman–Crippen LogP) is 2.34. The zero-order valence-electron chi connectivity index (χ0n) is 15.5. The van der Waals surface area contributed by atoms with Crippen molar-refractivity contribution < 1.29 is 13.5 Å². The zero-order chi connectivity index (χ0) is 18.4. The first-order valence-electron chi connectivity index (χ1n) is 7.99. The number of thiophene rings is 1. The number of hydrogen-bond donors (Lipinski definition) is 3. The van der Waals surface area contributed by atoms with Gasteiger partial charge in [-0.2, -0.15) is 11.3 Å². The molecular weight excluding hydrogens is 473 g/mol. The van der Waals surface area contributed by atoms with Gasteiger partial charge in [0.2, 0.25) is 0 Å². The minimum atomic E-state index is -3.18. The molecule has 0 spiro atoms. The van der Waals surface area contributed by atoms with Crippen LogP contribution in [0, 0.1) is 0 Å². The third-order valence-electron chi connectivity index (χ3n) is 3.63. The Balaban J connectivity index is 0.00000576. The molecule has 6 nitrogen and oxygen atoms in total. The summed E-state index contributed by atoms with van der Waals surface area (Å²) in [4.78, 5) is 4.38. The molecule has 0 aliphatic carbocycles. The van der Waals surface area contributed by atoms with Gasteiger partial charge < -0.3 is 15.7 Å². The van der Waals surface area contributed by atoms with Crippen molar-refractivity contribution in [2.24, 2.45) is 4.99 Å². The SMILES string of the molecule is CCNC(=NCC(C)(O)c1ccsc1)NCCS(=O)(=O)C(C)(C)C.I. The average Bonchev–Trinajstić information content (AvgIpc) is 2.98. The molecule has 0 fully saturated rings. The van der Waals surface area contributed by atoms with Crippen molar-refractivity contribution in [1.82, 2.24) is 10.6 Å². The first-order valence-corrected chi connectivity index (χ1v) is 10.6. The summed E-state index contributed by atoms with van der Waals surface area (Å²) in [5.41, 5.74) is -0.234. The van der Waals surface area contributed by atoms with Gasteiger partial charge in [-0.25, -0.2) is 13.4 Å². The van der Waals surface area contributed by atoms with Crippen LogP contribution in [0.3, 0.4) is 0 Å². The number of guanidine groups is 1. The first kappa shape index (κ1) is 24.6. The highest BCUT2D eigenvalue weighted by molar-refractivity contribution is 14.0. The maximum absolute atomic E-state index is 12.1. The van der Waals surface area contributed by atoms with Gasteiger partial charge in [-0.05, 0) is 57.0 Å². The standard InChI is InChI=1S/C16H29N3O3S2.HI/c1-6-17-14(18-8-10-24(21,22)15(2,3)4)19-12-16(5,20)13-7-9-23-11-13;/h7,9,11,20H,6,8,10,12H2,1-5H3,(H2,17,18,19);1H. The van der Waals surface area contributed by atoms with E-state index in [0.29, 0.717) is 12.5 Å². The van der Waals surface area contributed by atoms with Crippen LogP contribution in [0.15, 0.2) is 21.8 Å². The van der Waals surface area contributed by atoms with Gasteiger partial charge in [-0.3, -0.25) is 0 Å². The molecule has 3 N–H and O–H groups in total. The molecule has 0 amide bonds. The van der Waals surface area contributed by atoms with E-state index in [2.05, 4.69) is 15.6 Å². The van der Waals surface area contributed by atoms with E-state index < -0.39 is 20.2 Å². The van der Waals surface area contributed by atoms with Crippen LogP contribution < -0.4 is 10.6 Å². The molecule has 25 heavy (non-hydrogen) atoms. The lowest BCUT2D eigenvalue weighted by Gasteiger charge is -2.22. The van der Waals surface area contributed by atoms with Crippen LogP contribution in [-0.2, 0) is 15.4 Å². The molecule has 0 aliphatic rings. The molecule has 1 unspecified atom stereocenters. The fourth-order valence-corrected chi connectivity index (χ4v) is 3.61. The number of nitrogens with zero attached hydrogens (tertiary/aromatic N) is 1. The van der Waals surface area contributed by atoms with Crippen LogP contribution in [0.4, 0.5) is 0 Å². The quantitative estimate of drug-likeness (QED) is 0.302. The Hall–Kier alpha value is -0.390. The number of aliphatic imine (C=N–C) groups is 1. The lowest BCUT2D eigenvalue weighted by atomic mass is 10.00. The van der Waals surface area contributed by atoms with Crippen LogP contribution in [0.5, 0.6) is 0 Å². The summed E-state index contributed by atoms with van der Waals surface area (Å²) >= 11 is 1.52. The summed E-state index contributed by atoms with van der Waals surface area (Å²) in [6.07, 6.45) is 0. The van der Waals surface area contributed by atoms with E-state index >= 15 is 0 Å². The molecule has 0 aliphatic heterocycles. The number of hydrogen-bond acceptors (Lipinski definition) is 5. The first-order chi connectivity index (χ1) is 11.0. The topological polar surface area (TPSA) is 90.8 Å². The Morgan fingerprint density at radius 3 is 2.40 bits per heavy atom. The second kappa shape index (κ2) is 10.1. The van der Waals surface area contributed by atoms with Crippen molar-refractivity contribution in [3.05, 3.63) is 22.4 Å². The summed E-state index contributed by atoms with van der Waals surface area (Å²) in [7, 11) is -3.18. The summed E-state index contributed by atoms with van der Waals surface area (Å²) < 4.78 is 23.5. The maximum atomic E-state index is 12.1. The molecule has 1 heterocycles. The third kappa shape index (κ3) is 7.79. The van der Waals surface area contributed by atoms with Crippen molar-refractivity contribution in [3.8, 4) is 0 Å². The van der Waals surface area contributed by atoms with E-state index in [9.17, 15) is 13.5 Å². The van der Waals surface area contributed by atoms with Gasteiger partial charge in [-0.1, -0.05) is 0 Å². The van der Waals surface area contributed by atoms with E-state index in [-0.39, 0.29) is 42.8 Å². The highest BCUT2D eigenvalue weighted by atomic mass is 127. The Labute approximate surface area is 172 Å². The molecule has 1 rings (SSSR count). The number of nitrogens with one attached hydrogen (secondary N) is 2. The number of aliphatic hydroxyl groups is 1. The molecular formula is C16H30IN3O3S2. The van der Waals surface area contributed by atoms with Gasteiger partial charge in [0.05, 0.1) is 17.0 Å². The Kier molecular flexibility index (Phi) is 9.92. The van der Waals surface area contributed by atoms with Gasteiger partial charge in [0.1, 0.15) is 5.60 Å². The van der Waals surface area contributed by atoms with Crippen LogP contribution in [0.2, 0.25) is 0 Å². The summed E-state index contributed by atoms with van der Waals surface area (Å²) in [5, 5.41) is 20.4. The largest absolute Gasteiger partial charge is 0.383 e. The van der Waals surface area contributed by atoms with Gasteiger partial charge in [0.25, 0.3) is 0 Å². The normalized spacial score (nSPS) is 15.2. The molecule has 1 atom stereocenters. The second-order valence-electron chi connectivity index (χ2n) is 6.84. The van der Waals surface area contributed by atoms with E-state index in [1.165, 1.54) is 11.3 Å². The molecule has 1 aromatic heterocycles. The van der Waals surface area contributed by atoms with Crippen LogP contribution in [0.1, 0.15) is 40.2 Å². The fourth-order valence-electron chi connectivity index (χ4n) is 1.85. The van der Waals surface area contributed by atoms with E-state index in [0.717, 1.165) is 5.56 Å². The minimum absolute atomic E-state index is 0. The van der Waals surface area contributed by atoms with Gasteiger partial charge >= 0.3 is 0 Å². The zero-order valence-corrected chi connectivity index (χ0v) is 19.5. The molecule has 0 saturated carbocycles. The molecule has 9 heteroatoms. The summed E-state index contributed by atoms with van der Waals surface area (Å²) in [6, 6.07) is 1.87. The fraction of sp³-hybridized carbons (Fsp3) is 0.688. The molecule has 0 saturated heterocycles. The van der Waals surface area contributed by atoms with Crippen molar-refractivity contribution >= 4 is 51.1 Å². The van der Waals surface area contributed by atoms with Crippen LogP contribution in [0.25, 0.3) is 0 Å². The smallest absolute Gasteiger partial charge is 0.191 e. The number of halogens is 1.